The molecule has 1 aliphatic heterocycles. The summed E-state index contributed by atoms with van der Waals surface area (Å²) >= 11 is 0. The van der Waals surface area contributed by atoms with Gasteiger partial charge in [0.2, 0.25) is 10.0 Å². The zero-order valence-electron chi connectivity index (χ0n) is 19.7. The highest BCUT2D eigenvalue weighted by Gasteiger charge is 2.53. The van der Waals surface area contributed by atoms with Crippen LogP contribution >= 0.6 is 0 Å². The molecule has 1 saturated heterocycles. The number of rotatable bonds is 7. The number of hydrogen-bond acceptors (Lipinski definition) is 6. The van der Waals surface area contributed by atoms with E-state index in [1.54, 1.807) is 23.4 Å². The summed E-state index contributed by atoms with van der Waals surface area (Å²) in [5, 5.41) is 15.4. The van der Waals surface area contributed by atoms with Crippen molar-refractivity contribution in [3.8, 4) is 0 Å². The number of nitrogens with zero attached hydrogens (tertiary/aromatic N) is 3. The Hall–Kier alpha value is -1.87. The summed E-state index contributed by atoms with van der Waals surface area (Å²) in [5.74, 6) is 2.61. The fraction of sp³-hybridized carbons (Fsp3) is 0.750. The Morgan fingerprint density at radius 2 is 1.67 bits per heavy atom. The molecule has 5 fully saturated rings. The number of piperazine rings is 1. The second-order valence-corrected chi connectivity index (χ2v) is 13.1. The van der Waals surface area contributed by atoms with Gasteiger partial charge in [-0.1, -0.05) is 0 Å². The zero-order chi connectivity index (χ0) is 23.4. The molecular formula is C24H36N4O4S. The highest BCUT2D eigenvalue weighted by Crippen LogP contribution is 2.61. The first kappa shape index (κ1) is 22.9. The molecule has 4 saturated carbocycles. The van der Waals surface area contributed by atoms with Crippen LogP contribution in [0.15, 0.2) is 18.2 Å². The van der Waals surface area contributed by atoms with Gasteiger partial charge in [0.25, 0.3) is 5.69 Å². The van der Waals surface area contributed by atoms with Crippen molar-refractivity contribution < 1.29 is 13.3 Å². The smallest absolute Gasteiger partial charge is 0.292 e. The van der Waals surface area contributed by atoms with Crippen LogP contribution in [0, 0.1) is 33.3 Å². The first-order valence-corrected chi connectivity index (χ1v) is 14.1. The minimum atomic E-state index is -3.19. The average molecular weight is 477 g/mol. The summed E-state index contributed by atoms with van der Waals surface area (Å²) in [6, 6.07) is 5.48. The van der Waals surface area contributed by atoms with E-state index < -0.39 is 10.0 Å². The monoisotopic (exact) mass is 476 g/mol. The quantitative estimate of drug-likeness (QED) is 0.471. The predicted molar refractivity (Wildman–Crippen MR) is 130 cm³/mol. The molecule has 0 spiro atoms. The summed E-state index contributed by atoms with van der Waals surface area (Å²) in [5.41, 5.74) is 1.86. The maximum absolute atomic E-state index is 12.2. The van der Waals surface area contributed by atoms with Crippen LogP contribution in [-0.4, -0.2) is 55.6 Å². The third-order valence-electron chi connectivity index (χ3n) is 8.91. The van der Waals surface area contributed by atoms with Gasteiger partial charge in [-0.25, -0.2) is 8.42 Å². The van der Waals surface area contributed by atoms with E-state index in [1.807, 2.05) is 6.07 Å². The van der Waals surface area contributed by atoms with Crippen LogP contribution in [-0.2, 0) is 10.0 Å². The van der Waals surface area contributed by atoms with Gasteiger partial charge in [-0.2, -0.15) is 4.31 Å². The van der Waals surface area contributed by atoms with E-state index in [1.165, 1.54) is 38.5 Å². The normalized spacial score (nSPS) is 32.7. The lowest BCUT2D eigenvalue weighted by Crippen LogP contribution is -2.53. The summed E-state index contributed by atoms with van der Waals surface area (Å²) in [4.78, 5) is 13.6. The highest BCUT2D eigenvalue weighted by molar-refractivity contribution is 7.89. The Labute approximate surface area is 196 Å². The van der Waals surface area contributed by atoms with Gasteiger partial charge >= 0.3 is 0 Å². The molecule has 1 aromatic rings. The fourth-order valence-corrected chi connectivity index (χ4v) is 8.58. The van der Waals surface area contributed by atoms with Crippen LogP contribution in [0.4, 0.5) is 17.1 Å². The molecule has 1 N–H and O–H groups in total. The third kappa shape index (κ3) is 4.22. The standard InChI is InChI=1S/C24H36N4O4S/c1-3-33(31,32)27-8-6-26(7-9-27)21-4-5-23(28(29)30)22(13-21)25-17(2)24-14-18-10-19(15-24)12-20(11-18)16-24/h4-5,13,17-20,25H,3,6-12,14-16H2,1-2H3/t17-,18?,19?,20?,24?/m1/s1. The third-order valence-corrected chi connectivity index (χ3v) is 10.8. The van der Waals surface area contributed by atoms with E-state index in [0.29, 0.717) is 31.9 Å². The molecule has 182 valence electrons. The molecule has 6 rings (SSSR count). The summed E-state index contributed by atoms with van der Waals surface area (Å²) in [7, 11) is -3.19. The Balaban J connectivity index is 1.34. The lowest BCUT2D eigenvalue weighted by molar-refractivity contribution is -0.384. The molecule has 1 aromatic carbocycles. The number of anilines is 2. The van der Waals surface area contributed by atoms with Gasteiger partial charge < -0.3 is 10.2 Å². The summed E-state index contributed by atoms with van der Waals surface area (Å²) in [6.07, 6.45) is 7.86. The number of nitrogens with one attached hydrogen (secondary N) is 1. The van der Waals surface area contributed by atoms with Crippen molar-refractivity contribution in [2.45, 2.75) is 58.4 Å². The number of nitro benzene ring substituents is 1. The van der Waals surface area contributed by atoms with Gasteiger partial charge in [0.05, 0.1) is 10.7 Å². The maximum Gasteiger partial charge on any atom is 0.292 e. The Morgan fingerprint density at radius 3 is 2.18 bits per heavy atom. The maximum atomic E-state index is 12.2. The van der Waals surface area contributed by atoms with Crippen LogP contribution < -0.4 is 10.2 Å². The molecular weight excluding hydrogens is 440 g/mol. The van der Waals surface area contributed by atoms with Crippen molar-refractivity contribution in [1.29, 1.82) is 0 Å². The highest BCUT2D eigenvalue weighted by atomic mass is 32.2. The Kier molecular flexibility index (Phi) is 5.84. The van der Waals surface area contributed by atoms with E-state index in [0.717, 1.165) is 23.4 Å². The van der Waals surface area contributed by atoms with Crippen LogP contribution in [0.3, 0.4) is 0 Å². The first-order chi connectivity index (χ1) is 15.7. The van der Waals surface area contributed by atoms with Crippen molar-refractivity contribution >= 4 is 27.1 Å². The zero-order valence-corrected chi connectivity index (χ0v) is 20.5. The minimum Gasteiger partial charge on any atom is -0.376 e. The van der Waals surface area contributed by atoms with Gasteiger partial charge in [0.1, 0.15) is 5.69 Å². The fourth-order valence-electron chi connectivity index (χ4n) is 7.50. The summed E-state index contributed by atoms with van der Waals surface area (Å²) in [6.45, 7) is 5.94. The lowest BCUT2D eigenvalue weighted by Gasteiger charge is -2.59. The average Bonchev–Trinajstić information content (AvgIpc) is 2.78. The molecule has 8 nitrogen and oxygen atoms in total. The van der Waals surface area contributed by atoms with Gasteiger partial charge in [0.15, 0.2) is 0 Å². The van der Waals surface area contributed by atoms with Crippen molar-refractivity contribution in [2.24, 2.45) is 23.2 Å². The van der Waals surface area contributed by atoms with Crippen LogP contribution in [0.25, 0.3) is 0 Å². The van der Waals surface area contributed by atoms with Crippen LogP contribution in [0.2, 0.25) is 0 Å². The van der Waals surface area contributed by atoms with E-state index in [-0.39, 0.29) is 27.8 Å². The lowest BCUT2D eigenvalue weighted by atomic mass is 9.48. The molecule has 0 amide bonds. The van der Waals surface area contributed by atoms with Gasteiger partial charge in [0, 0.05) is 44.0 Å². The van der Waals surface area contributed by atoms with Crippen molar-refractivity contribution in [1.82, 2.24) is 4.31 Å². The second-order valence-electron chi connectivity index (χ2n) is 10.9. The molecule has 0 unspecified atom stereocenters. The van der Waals surface area contributed by atoms with Gasteiger partial charge in [-0.05, 0) is 87.7 Å². The molecule has 4 aliphatic carbocycles. The first-order valence-electron chi connectivity index (χ1n) is 12.5. The van der Waals surface area contributed by atoms with Gasteiger partial charge in [-0.3, -0.25) is 10.1 Å². The molecule has 5 aliphatic rings. The summed E-state index contributed by atoms with van der Waals surface area (Å²) < 4.78 is 25.9. The van der Waals surface area contributed by atoms with Crippen molar-refractivity contribution in [3.63, 3.8) is 0 Å². The Morgan fingerprint density at radius 1 is 1.09 bits per heavy atom. The number of nitro groups is 1. The number of hydrogen-bond donors (Lipinski definition) is 1. The SMILES string of the molecule is CCS(=O)(=O)N1CCN(c2ccc([N+](=O)[O-])c(N[C@H](C)C34CC5CC(CC(C5)C3)C4)c2)CC1. The van der Waals surface area contributed by atoms with Gasteiger partial charge in [-0.15, -0.1) is 0 Å². The van der Waals surface area contributed by atoms with E-state index >= 15 is 0 Å². The molecule has 1 heterocycles. The molecule has 33 heavy (non-hydrogen) atoms. The van der Waals surface area contributed by atoms with Crippen LogP contribution in [0.1, 0.15) is 52.4 Å². The Bertz CT molecular complexity index is 984. The topological polar surface area (TPSA) is 95.8 Å². The van der Waals surface area contributed by atoms with E-state index in [9.17, 15) is 18.5 Å². The largest absolute Gasteiger partial charge is 0.376 e. The second kappa shape index (κ2) is 8.41. The molecule has 0 aromatic heterocycles. The molecule has 9 heteroatoms. The van der Waals surface area contributed by atoms with E-state index in [2.05, 4.69) is 17.1 Å². The van der Waals surface area contributed by atoms with Crippen molar-refractivity contribution in [3.05, 3.63) is 28.3 Å². The van der Waals surface area contributed by atoms with E-state index in [4.69, 9.17) is 0 Å². The molecule has 1 atom stereocenters. The predicted octanol–water partition coefficient (Wildman–Crippen LogP) is 4.08. The number of sulfonamides is 1. The van der Waals surface area contributed by atoms with Crippen molar-refractivity contribution in [2.75, 3.05) is 42.1 Å². The van der Waals surface area contributed by atoms with Crippen LogP contribution in [0.5, 0.6) is 0 Å². The number of benzene rings is 1. The molecule has 4 bridgehead atoms. The molecule has 0 radical (unpaired) electrons. The minimum absolute atomic E-state index is 0.112.